The lowest BCUT2D eigenvalue weighted by molar-refractivity contribution is -0.144. The first kappa shape index (κ1) is 25.0. The second-order valence-electron chi connectivity index (χ2n) is 8.73. The first-order valence-corrected chi connectivity index (χ1v) is 12.7. The summed E-state index contributed by atoms with van der Waals surface area (Å²) in [7, 11) is 0. The minimum Gasteiger partial charge on any atom is -0.464 e. The van der Waals surface area contributed by atoms with Crippen molar-refractivity contribution in [3.8, 4) is 22.3 Å². The van der Waals surface area contributed by atoms with Crippen LogP contribution in [0, 0.1) is 0 Å². The van der Waals surface area contributed by atoms with E-state index in [1.165, 1.54) is 0 Å². The van der Waals surface area contributed by atoms with Gasteiger partial charge in [0.15, 0.2) is 6.04 Å². The van der Waals surface area contributed by atoms with Crippen molar-refractivity contribution in [1.29, 1.82) is 0 Å². The molecule has 5 rings (SSSR count). The van der Waals surface area contributed by atoms with Crippen LogP contribution in [-0.2, 0) is 19.1 Å². The van der Waals surface area contributed by atoms with Gasteiger partial charge in [-0.1, -0.05) is 78.9 Å². The lowest BCUT2D eigenvalue weighted by Gasteiger charge is -2.36. The van der Waals surface area contributed by atoms with Gasteiger partial charge in [0.25, 0.3) is 0 Å². The number of carbonyl (C=O) groups is 2. The normalized spacial score (nSPS) is 14.3. The highest BCUT2D eigenvalue weighted by atomic mass is 16.5. The Hall–Kier alpha value is -4.71. The van der Waals surface area contributed by atoms with Crippen LogP contribution in [0.4, 0.5) is 11.4 Å². The number of benzene rings is 4. The van der Waals surface area contributed by atoms with Gasteiger partial charge in [0.2, 0.25) is 5.84 Å². The molecular formula is C32H28N2O4. The van der Waals surface area contributed by atoms with Crippen LogP contribution in [0.3, 0.4) is 0 Å². The van der Waals surface area contributed by atoms with Gasteiger partial charge in [-0.05, 0) is 60.4 Å². The summed E-state index contributed by atoms with van der Waals surface area (Å²) < 4.78 is 10.9. The van der Waals surface area contributed by atoms with Gasteiger partial charge >= 0.3 is 11.9 Å². The molecule has 1 aliphatic rings. The zero-order valence-corrected chi connectivity index (χ0v) is 21.3. The van der Waals surface area contributed by atoms with E-state index in [-0.39, 0.29) is 19.0 Å². The van der Waals surface area contributed by atoms with Crippen LogP contribution >= 0.6 is 0 Å². The maximum absolute atomic E-state index is 13.5. The summed E-state index contributed by atoms with van der Waals surface area (Å²) in [6.07, 6.45) is 0. The van der Waals surface area contributed by atoms with Crippen LogP contribution in [-0.4, -0.2) is 31.0 Å². The van der Waals surface area contributed by atoms with Crippen molar-refractivity contribution < 1.29 is 19.1 Å². The number of amidine groups is 1. The molecule has 1 aliphatic heterocycles. The number of hydrogen-bond acceptors (Lipinski definition) is 6. The Kier molecular flexibility index (Phi) is 7.31. The molecule has 38 heavy (non-hydrogen) atoms. The number of carbonyl (C=O) groups excluding carboxylic acids is 2. The molecule has 6 nitrogen and oxygen atoms in total. The van der Waals surface area contributed by atoms with E-state index in [1.54, 1.807) is 18.7 Å². The smallest absolute Gasteiger partial charge is 0.374 e. The average molecular weight is 505 g/mol. The molecule has 190 valence electrons. The summed E-state index contributed by atoms with van der Waals surface area (Å²) in [5.41, 5.74) is 5.85. The van der Waals surface area contributed by atoms with Crippen LogP contribution in [0.15, 0.2) is 108 Å². The Morgan fingerprint density at radius 2 is 1.26 bits per heavy atom. The summed E-state index contributed by atoms with van der Waals surface area (Å²) >= 11 is 0. The first-order valence-electron chi connectivity index (χ1n) is 12.7. The number of aliphatic imine (C=N–C) groups is 1. The molecule has 1 atom stereocenters. The van der Waals surface area contributed by atoms with E-state index in [1.807, 2.05) is 103 Å². The molecule has 1 unspecified atom stereocenters. The Morgan fingerprint density at radius 1 is 0.711 bits per heavy atom. The highest BCUT2D eigenvalue weighted by molar-refractivity contribution is 6.42. The minimum absolute atomic E-state index is 0.0392. The van der Waals surface area contributed by atoms with Crippen molar-refractivity contribution >= 4 is 29.1 Å². The topological polar surface area (TPSA) is 68.2 Å². The van der Waals surface area contributed by atoms with Crippen molar-refractivity contribution in [3.05, 3.63) is 109 Å². The van der Waals surface area contributed by atoms with Crippen molar-refractivity contribution in [1.82, 2.24) is 0 Å². The molecule has 0 aromatic heterocycles. The van der Waals surface area contributed by atoms with Crippen molar-refractivity contribution in [2.24, 2.45) is 4.99 Å². The molecule has 0 saturated heterocycles. The Labute approximate surface area is 222 Å². The lowest BCUT2D eigenvalue weighted by Crippen LogP contribution is -2.46. The van der Waals surface area contributed by atoms with E-state index in [9.17, 15) is 9.59 Å². The van der Waals surface area contributed by atoms with Crippen LogP contribution in [0.1, 0.15) is 25.5 Å². The summed E-state index contributed by atoms with van der Waals surface area (Å²) in [5, 5.41) is 0. The highest BCUT2D eigenvalue weighted by Gasteiger charge is 2.40. The predicted molar refractivity (Wildman–Crippen MR) is 149 cm³/mol. The first-order chi connectivity index (χ1) is 18.6. The maximum Gasteiger partial charge on any atom is 0.374 e. The predicted octanol–water partition coefficient (Wildman–Crippen LogP) is 6.74. The Morgan fingerprint density at radius 3 is 1.87 bits per heavy atom. The molecule has 0 radical (unpaired) electrons. The van der Waals surface area contributed by atoms with E-state index in [4.69, 9.17) is 14.5 Å². The fourth-order valence-corrected chi connectivity index (χ4v) is 4.62. The number of hydrogen-bond donors (Lipinski definition) is 0. The van der Waals surface area contributed by atoms with E-state index in [2.05, 4.69) is 0 Å². The van der Waals surface area contributed by atoms with Gasteiger partial charge < -0.3 is 14.4 Å². The number of ether oxygens (including phenoxy) is 2. The second-order valence-corrected chi connectivity index (χ2v) is 8.73. The van der Waals surface area contributed by atoms with Gasteiger partial charge in [0, 0.05) is 11.3 Å². The molecule has 4 aromatic rings. The summed E-state index contributed by atoms with van der Waals surface area (Å²) in [6.45, 7) is 3.89. The number of fused-ring (bicyclic) bond motifs is 1. The van der Waals surface area contributed by atoms with E-state index in [0.29, 0.717) is 16.9 Å². The molecule has 0 spiro atoms. The summed E-state index contributed by atoms with van der Waals surface area (Å²) in [6, 6.07) is 32.4. The van der Waals surface area contributed by atoms with Crippen LogP contribution in [0.5, 0.6) is 0 Å². The molecule has 0 saturated carbocycles. The average Bonchev–Trinajstić information content (AvgIpc) is 2.97. The minimum atomic E-state index is -0.923. The molecule has 0 bridgehead atoms. The van der Waals surface area contributed by atoms with E-state index < -0.39 is 18.0 Å². The van der Waals surface area contributed by atoms with Gasteiger partial charge in [-0.15, -0.1) is 0 Å². The fraction of sp³-hybridized carbons (Fsp3) is 0.156. The monoisotopic (exact) mass is 504 g/mol. The van der Waals surface area contributed by atoms with Crippen LogP contribution in [0.2, 0.25) is 0 Å². The van der Waals surface area contributed by atoms with E-state index >= 15 is 0 Å². The zero-order valence-electron chi connectivity index (χ0n) is 21.3. The third kappa shape index (κ3) is 4.93. The maximum atomic E-state index is 13.5. The Bertz CT molecular complexity index is 1460. The number of nitrogens with zero attached hydrogens (tertiary/aromatic N) is 2. The number of rotatable bonds is 7. The molecule has 0 fully saturated rings. The summed E-state index contributed by atoms with van der Waals surface area (Å²) in [5.74, 6) is -1.04. The molecule has 1 heterocycles. The van der Waals surface area contributed by atoms with Gasteiger partial charge in [-0.3, -0.25) is 0 Å². The molecule has 0 N–H and O–H groups in total. The number of esters is 2. The van der Waals surface area contributed by atoms with Crippen molar-refractivity contribution in [2.75, 3.05) is 18.1 Å². The second kappa shape index (κ2) is 11.1. The van der Waals surface area contributed by atoms with Gasteiger partial charge in [0.05, 0.1) is 18.9 Å². The van der Waals surface area contributed by atoms with Gasteiger partial charge in [-0.25, -0.2) is 14.6 Å². The van der Waals surface area contributed by atoms with E-state index in [0.717, 1.165) is 22.3 Å². The standard InChI is InChI=1S/C32H28N2O4/c1-3-37-31(35)29-27-21-25(23-13-9-6-10-14-23)17-20-28(27)33-30(32(36)38-4-2)34(29)26-18-15-24(16-19-26)22-11-7-5-8-12-22/h5-21,29H,3-4H2,1-2H3. The van der Waals surface area contributed by atoms with Gasteiger partial charge in [0.1, 0.15) is 0 Å². The molecule has 6 heteroatoms. The molecule has 0 amide bonds. The lowest BCUT2D eigenvalue weighted by atomic mass is 9.94. The molecular weight excluding hydrogens is 476 g/mol. The van der Waals surface area contributed by atoms with Gasteiger partial charge in [-0.2, -0.15) is 0 Å². The Balaban J connectivity index is 1.66. The highest BCUT2D eigenvalue weighted by Crippen LogP contribution is 2.41. The summed E-state index contributed by atoms with van der Waals surface area (Å²) in [4.78, 5) is 33.0. The third-order valence-electron chi connectivity index (χ3n) is 6.36. The van der Waals surface area contributed by atoms with Crippen molar-refractivity contribution in [3.63, 3.8) is 0 Å². The molecule has 4 aromatic carbocycles. The van der Waals surface area contributed by atoms with Crippen LogP contribution < -0.4 is 4.90 Å². The van der Waals surface area contributed by atoms with Crippen molar-refractivity contribution in [2.45, 2.75) is 19.9 Å². The van der Waals surface area contributed by atoms with Crippen LogP contribution in [0.25, 0.3) is 22.3 Å². The zero-order chi connectivity index (χ0) is 26.5. The largest absolute Gasteiger partial charge is 0.464 e. The molecule has 0 aliphatic carbocycles. The number of anilines is 1. The third-order valence-corrected chi connectivity index (χ3v) is 6.36. The SMILES string of the molecule is CCOC(=O)C1=Nc2ccc(-c3ccccc3)cc2C(C(=O)OCC)N1c1ccc(-c2ccccc2)cc1. The quantitative estimate of drug-likeness (QED) is 0.261. The fourth-order valence-electron chi connectivity index (χ4n) is 4.62.